The molecule has 0 spiro atoms. The van der Waals surface area contributed by atoms with Crippen LogP contribution in [0.5, 0.6) is 0 Å². The van der Waals surface area contributed by atoms with Crippen LogP contribution < -0.4 is 5.32 Å². The van der Waals surface area contributed by atoms with Gasteiger partial charge in [-0.1, -0.05) is 91.0 Å². The lowest BCUT2D eigenvalue weighted by Gasteiger charge is -2.48. The highest BCUT2D eigenvalue weighted by atomic mass is 32.1. The first-order chi connectivity index (χ1) is 15.1. The average Bonchev–Trinajstić information content (AvgIpc) is 2.74. The third-order valence-corrected chi connectivity index (χ3v) is 5.92. The van der Waals surface area contributed by atoms with Crippen LogP contribution in [0.25, 0.3) is 0 Å². The zero-order valence-electron chi connectivity index (χ0n) is 18.8. The maximum absolute atomic E-state index is 13.6. The Balaban J connectivity index is 2.37. The fourth-order valence-corrected chi connectivity index (χ4v) is 4.72. The topological polar surface area (TPSA) is 55.4 Å². The zero-order chi connectivity index (χ0) is 23.4. The van der Waals surface area contributed by atoms with Crippen LogP contribution in [-0.4, -0.2) is 16.8 Å². The minimum absolute atomic E-state index is 0.391. The van der Waals surface area contributed by atoms with Crippen LogP contribution in [0.1, 0.15) is 44.4 Å². The van der Waals surface area contributed by atoms with E-state index in [4.69, 9.17) is 4.74 Å². The summed E-state index contributed by atoms with van der Waals surface area (Å²) in [6.07, 6.45) is -0.616. The SMILES string of the molecule is CC(C)(C)OC(=O)NC(C)(c1ccccc1)C(C(=O)S)(c1ccccc1)c1ccccc1. The standard InChI is InChI=1S/C27H29NO3S/c1-25(2,3)31-24(30)28-26(4,20-14-8-5-9-15-20)27(23(29)32,21-16-10-6-11-17-21)22-18-12-7-13-19-22/h5-19H,1-4H3,(H,28,30)(H,29,32). The summed E-state index contributed by atoms with van der Waals surface area (Å²) in [5, 5.41) is 2.66. The molecule has 5 heteroatoms. The second-order valence-corrected chi connectivity index (χ2v) is 9.31. The molecule has 0 aliphatic heterocycles. The van der Waals surface area contributed by atoms with Crippen molar-refractivity contribution in [2.24, 2.45) is 0 Å². The van der Waals surface area contributed by atoms with E-state index < -0.39 is 27.8 Å². The summed E-state index contributed by atoms with van der Waals surface area (Å²) in [7, 11) is 0. The molecule has 3 aromatic rings. The van der Waals surface area contributed by atoms with E-state index in [0.717, 1.165) is 5.56 Å². The first-order valence-electron chi connectivity index (χ1n) is 10.5. The lowest BCUT2D eigenvalue weighted by atomic mass is 9.60. The number of benzene rings is 3. The molecule has 3 rings (SSSR count). The van der Waals surface area contributed by atoms with Gasteiger partial charge in [-0.2, -0.15) is 0 Å². The van der Waals surface area contributed by atoms with Crippen molar-refractivity contribution in [1.82, 2.24) is 5.32 Å². The zero-order valence-corrected chi connectivity index (χ0v) is 19.7. The highest BCUT2D eigenvalue weighted by Gasteiger charge is 2.57. The lowest BCUT2D eigenvalue weighted by Crippen LogP contribution is -2.62. The molecule has 3 aromatic carbocycles. The lowest BCUT2D eigenvalue weighted by molar-refractivity contribution is -0.117. The van der Waals surface area contributed by atoms with Gasteiger partial charge in [-0.05, 0) is 44.4 Å². The highest BCUT2D eigenvalue weighted by molar-refractivity contribution is 7.96. The monoisotopic (exact) mass is 447 g/mol. The summed E-state index contributed by atoms with van der Waals surface area (Å²) in [5.41, 5.74) is -1.08. The highest BCUT2D eigenvalue weighted by Crippen LogP contribution is 2.49. The second-order valence-electron chi connectivity index (χ2n) is 8.91. The molecule has 1 N–H and O–H groups in total. The first kappa shape index (κ1) is 23.6. The van der Waals surface area contributed by atoms with Gasteiger partial charge in [-0.15, -0.1) is 12.6 Å². The Bertz CT molecular complexity index is 1020. The molecule has 0 radical (unpaired) electrons. The van der Waals surface area contributed by atoms with Gasteiger partial charge in [0, 0.05) is 0 Å². The molecule has 0 heterocycles. The number of rotatable bonds is 6. The molecule has 0 fully saturated rings. The number of hydrogen-bond donors (Lipinski definition) is 2. The Kier molecular flexibility index (Phi) is 6.79. The van der Waals surface area contributed by atoms with Gasteiger partial charge in [0.25, 0.3) is 0 Å². The van der Waals surface area contributed by atoms with Crippen molar-refractivity contribution in [2.45, 2.75) is 44.2 Å². The third kappa shape index (κ3) is 4.44. The van der Waals surface area contributed by atoms with Crippen molar-refractivity contribution in [3.8, 4) is 0 Å². The Morgan fingerprint density at radius 3 is 1.41 bits per heavy atom. The molecule has 1 unspecified atom stereocenters. The maximum Gasteiger partial charge on any atom is 0.408 e. The number of ether oxygens (including phenoxy) is 1. The van der Waals surface area contributed by atoms with Gasteiger partial charge in [0.05, 0.1) is 5.54 Å². The molecule has 0 aromatic heterocycles. The van der Waals surface area contributed by atoms with Crippen molar-refractivity contribution in [1.29, 1.82) is 0 Å². The van der Waals surface area contributed by atoms with Gasteiger partial charge in [0.1, 0.15) is 11.0 Å². The predicted octanol–water partition coefficient (Wildman–Crippen LogP) is 5.87. The summed E-state index contributed by atoms with van der Waals surface area (Å²) in [5.74, 6) is 0. The van der Waals surface area contributed by atoms with Gasteiger partial charge < -0.3 is 10.1 Å². The molecule has 4 nitrogen and oxygen atoms in total. The van der Waals surface area contributed by atoms with Crippen molar-refractivity contribution < 1.29 is 14.3 Å². The molecular weight excluding hydrogens is 418 g/mol. The van der Waals surface area contributed by atoms with E-state index in [-0.39, 0.29) is 0 Å². The average molecular weight is 448 g/mol. The van der Waals surface area contributed by atoms with Crippen LogP contribution >= 0.6 is 12.6 Å². The van der Waals surface area contributed by atoms with Crippen LogP contribution in [0.3, 0.4) is 0 Å². The van der Waals surface area contributed by atoms with Crippen molar-refractivity contribution >= 4 is 23.8 Å². The van der Waals surface area contributed by atoms with Crippen LogP contribution in [0.4, 0.5) is 4.79 Å². The molecule has 166 valence electrons. The number of amides is 1. The van der Waals surface area contributed by atoms with Crippen LogP contribution in [0, 0.1) is 0 Å². The summed E-state index contributed by atoms with van der Waals surface area (Å²) >= 11 is 4.42. The van der Waals surface area contributed by atoms with E-state index >= 15 is 0 Å². The normalized spacial score (nSPS) is 13.7. The van der Waals surface area contributed by atoms with Gasteiger partial charge in [-0.25, -0.2) is 4.79 Å². The molecule has 0 saturated carbocycles. The largest absolute Gasteiger partial charge is 0.444 e. The number of hydrogen-bond acceptors (Lipinski definition) is 3. The molecule has 1 atom stereocenters. The van der Waals surface area contributed by atoms with E-state index in [1.165, 1.54) is 0 Å². The number of thiol groups is 1. The van der Waals surface area contributed by atoms with Crippen LogP contribution in [0.15, 0.2) is 91.0 Å². The minimum atomic E-state index is -1.34. The van der Waals surface area contributed by atoms with Gasteiger partial charge in [0.2, 0.25) is 5.12 Å². The fraction of sp³-hybridized carbons (Fsp3) is 0.259. The molecule has 32 heavy (non-hydrogen) atoms. The molecular formula is C27H29NO3S. The second kappa shape index (κ2) is 9.21. The summed E-state index contributed by atoms with van der Waals surface area (Å²) in [6, 6.07) is 28.3. The van der Waals surface area contributed by atoms with Crippen LogP contribution in [0.2, 0.25) is 0 Å². The van der Waals surface area contributed by atoms with E-state index in [1.54, 1.807) is 20.8 Å². The van der Waals surface area contributed by atoms with Gasteiger partial charge in [-0.3, -0.25) is 4.79 Å². The van der Waals surface area contributed by atoms with Gasteiger partial charge >= 0.3 is 6.09 Å². The smallest absolute Gasteiger partial charge is 0.408 e. The van der Waals surface area contributed by atoms with Crippen LogP contribution in [-0.2, 0) is 20.5 Å². The quantitative estimate of drug-likeness (QED) is 0.465. The first-order valence-corrected chi connectivity index (χ1v) is 11.0. The number of alkyl carbamates (subject to hydrolysis) is 1. The summed E-state index contributed by atoms with van der Waals surface area (Å²) < 4.78 is 5.62. The van der Waals surface area contributed by atoms with Gasteiger partial charge in [0.15, 0.2) is 0 Å². The fourth-order valence-electron chi connectivity index (χ4n) is 4.24. The Morgan fingerprint density at radius 1 is 0.688 bits per heavy atom. The van der Waals surface area contributed by atoms with Crippen molar-refractivity contribution in [2.75, 3.05) is 0 Å². The van der Waals surface area contributed by atoms with E-state index in [0.29, 0.717) is 11.1 Å². The van der Waals surface area contributed by atoms with Crippen molar-refractivity contribution in [3.63, 3.8) is 0 Å². The molecule has 0 bridgehead atoms. The number of carbonyl (C=O) groups is 2. The predicted molar refractivity (Wildman–Crippen MR) is 131 cm³/mol. The number of nitrogens with one attached hydrogen (secondary N) is 1. The summed E-state index contributed by atoms with van der Waals surface area (Å²) in [4.78, 5) is 26.7. The van der Waals surface area contributed by atoms with E-state index in [9.17, 15) is 9.59 Å². The Labute approximate surface area is 195 Å². The molecule has 0 saturated heterocycles. The molecule has 0 aliphatic carbocycles. The molecule has 1 amide bonds. The minimum Gasteiger partial charge on any atom is -0.444 e. The van der Waals surface area contributed by atoms with Crippen molar-refractivity contribution in [3.05, 3.63) is 108 Å². The van der Waals surface area contributed by atoms with E-state index in [1.807, 2.05) is 97.9 Å². The summed E-state index contributed by atoms with van der Waals surface area (Å²) in [6.45, 7) is 7.26. The Hall–Kier alpha value is -3.05. The third-order valence-electron chi connectivity index (χ3n) is 5.59. The number of carbonyl (C=O) groups excluding carboxylic acids is 2. The van der Waals surface area contributed by atoms with E-state index in [2.05, 4.69) is 17.9 Å². The Morgan fingerprint density at radius 2 is 1.06 bits per heavy atom. The molecule has 0 aliphatic rings. The maximum atomic E-state index is 13.6.